The summed E-state index contributed by atoms with van der Waals surface area (Å²) in [6, 6.07) is 8.75. The average molecular weight is 356 g/mol. The lowest BCUT2D eigenvalue weighted by molar-refractivity contribution is -0.116. The van der Waals surface area contributed by atoms with Gasteiger partial charge in [0, 0.05) is 30.6 Å². The Morgan fingerprint density at radius 2 is 1.87 bits per heavy atom. The lowest BCUT2D eigenvalue weighted by Crippen LogP contribution is -2.37. The van der Waals surface area contributed by atoms with Crippen molar-refractivity contribution in [3.8, 4) is 0 Å². The molecule has 0 aliphatic rings. The minimum Gasteiger partial charge on any atom is -0.311 e. The van der Waals surface area contributed by atoms with Gasteiger partial charge in [-0.05, 0) is 43.3 Å². The van der Waals surface area contributed by atoms with Crippen molar-refractivity contribution in [1.29, 1.82) is 0 Å². The number of sulfonamides is 1. The zero-order valence-corrected chi connectivity index (χ0v) is 14.4. The lowest BCUT2D eigenvalue weighted by atomic mass is 10.2. The summed E-state index contributed by atoms with van der Waals surface area (Å²) in [6.07, 6.45) is 0. The first-order chi connectivity index (χ1) is 10.8. The third-order valence-electron chi connectivity index (χ3n) is 3.13. The quantitative estimate of drug-likeness (QED) is 0.865. The van der Waals surface area contributed by atoms with Gasteiger partial charge in [-0.1, -0.05) is 0 Å². The van der Waals surface area contributed by atoms with E-state index in [9.17, 15) is 17.6 Å². The Kier molecular flexibility index (Phi) is 5.51. The smallest absolute Gasteiger partial charge is 0.250 e. The van der Waals surface area contributed by atoms with Crippen molar-refractivity contribution in [3.05, 3.63) is 47.1 Å². The standard InChI is InChI=1S/C15H17FN2O3S2/c1-11-3-8-15(22-11)23(20,21)17-9-10-18(12(2)19)14-6-4-13(16)5-7-14/h3-8,17H,9-10H2,1-2H3. The van der Waals surface area contributed by atoms with E-state index in [1.165, 1.54) is 47.4 Å². The molecule has 1 amide bonds. The van der Waals surface area contributed by atoms with Crippen LogP contribution in [0.15, 0.2) is 40.6 Å². The maximum absolute atomic E-state index is 13.0. The van der Waals surface area contributed by atoms with Crippen LogP contribution in [0, 0.1) is 12.7 Å². The summed E-state index contributed by atoms with van der Waals surface area (Å²) in [5.41, 5.74) is 0.519. The molecule has 8 heteroatoms. The van der Waals surface area contributed by atoms with Crippen molar-refractivity contribution >= 4 is 33.0 Å². The molecule has 1 heterocycles. The van der Waals surface area contributed by atoms with Gasteiger partial charge in [0.15, 0.2) is 0 Å². The Balaban J connectivity index is 2.02. The molecule has 1 aromatic heterocycles. The number of rotatable bonds is 6. The van der Waals surface area contributed by atoms with Gasteiger partial charge in [-0.2, -0.15) is 0 Å². The van der Waals surface area contributed by atoms with E-state index in [-0.39, 0.29) is 23.2 Å². The molecule has 1 N–H and O–H groups in total. The number of hydrogen-bond donors (Lipinski definition) is 1. The van der Waals surface area contributed by atoms with Gasteiger partial charge in [-0.15, -0.1) is 11.3 Å². The number of aryl methyl sites for hydroxylation is 1. The molecule has 0 aliphatic heterocycles. The maximum Gasteiger partial charge on any atom is 0.250 e. The molecule has 0 unspecified atom stereocenters. The number of carbonyl (C=O) groups is 1. The predicted octanol–water partition coefficient (Wildman–Crippen LogP) is 2.53. The van der Waals surface area contributed by atoms with Crippen LogP contribution in [0.1, 0.15) is 11.8 Å². The van der Waals surface area contributed by atoms with Crippen molar-refractivity contribution in [2.45, 2.75) is 18.1 Å². The van der Waals surface area contributed by atoms with E-state index in [0.717, 1.165) is 4.88 Å². The largest absolute Gasteiger partial charge is 0.311 e. The van der Waals surface area contributed by atoms with Crippen molar-refractivity contribution in [2.75, 3.05) is 18.0 Å². The molecule has 0 atom stereocenters. The second-order valence-electron chi connectivity index (χ2n) is 4.91. The molecular weight excluding hydrogens is 339 g/mol. The highest BCUT2D eigenvalue weighted by molar-refractivity contribution is 7.91. The Bertz CT molecular complexity index is 785. The Morgan fingerprint density at radius 1 is 1.22 bits per heavy atom. The Hall–Kier alpha value is -1.77. The van der Waals surface area contributed by atoms with Crippen LogP contribution in [0.25, 0.3) is 0 Å². The highest BCUT2D eigenvalue weighted by Crippen LogP contribution is 2.20. The topological polar surface area (TPSA) is 66.5 Å². The molecule has 0 aliphatic carbocycles. The van der Waals surface area contributed by atoms with E-state index < -0.39 is 15.8 Å². The van der Waals surface area contributed by atoms with Gasteiger partial charge in [-0.25, -0.2) is 17.5 Å². The summed E-state index contributed by atoms with van der Waals surface area (Å²) in [5.74, 6) is -0.645. The van der Waals surface area contributed by atoms with Gasteiger partial charge in [0.05, 0.1) is 0 Å². The number of halogens is 1. The number of benzene rings is 1. The molecule has 2 rings (SSSR count). The van der Waals surface area contributed by atoms with Crippen LogP contribution in [-0.2, 0) is 14.8 Å². The van der Waals surface area contributed by atoms with E-state index >= 15 is 0 Å². The first-order valence-electron chi connectivity index (χ1n) is 6.89. The van der Waals surface area contributed by atoms with Crippen LogP contribution in [-0.4, -0.2) is 27.4 Å². The normalized spacial score (nSPS) is 11.4. The summed E-state index contributed by atoms with van der Waals surface area (Å²) in [4.78, 5) is 14.0. The third kappa shape index (κ3) is 4.60. The molecule has 23 heavy (non-hydrogen) atoms. The van der Waals surface area contributed by atoms with E-state index in [4.69, 9.17) is 0 Å². The van der Waals surface area contributed by atoms with E-state index in [1.807, 2.05) is 6.92 Å². The number of nitrogens with one attached hydrogen (secondary N) is 1. The van der Waals surface area contributed by atoms with Gasteiger partial charge >= 0.3 is 0 Å². The monoisotopic (exact) mass is 356 g/mol. The number of hydrogen-bond acceptors (Lipinski definition) is 4. The van der Waals surface area contributed by atoms with Crippen molar-refractivity contribution in [1.82, 2.24) is 4.72 Å². The van der Waals surface area contributed by atoms with Crippen LogP contribution < -0.4 is 9.62 Å². The van der Waals surface area contributed by atoms with Gasteiger partial charge in [-0.3, -0.25) is 4.79 Å². The van der Waals surface area contributed by atoms with E-state index in [2.05, 4.69) is 4.72 Å². The lowest BCUT2D eigenvalue weighted by Gasteiger charge is -2.21. The number of thiophene rings is 1. The number of nitrogens with zero attached hydrogens (tertiary/aromatic N) is 1. The molecule has 5 nitrogen and oxygen atoms in total. The van der Waals surface area contributed by atoms with E-state index in [0.29, 0.717) is 5.69 Å². The van der Waals surface area contributed by atoms with Gasteiger partial charge in [0.25, 0.3) is 0 Å². The van der Waals surface area contributed by atoms with Crippen LogP contribution in [0.3, 0.4) is 0 Å². The fraction of sp³-hybridized carbons (Fsp3) is 0.267. The number of anilines is 1. The zero-order valence-electron chi connectivity index (χ0n) is 12.7. The van der Waals surface area contributed by atoms with Crippen molar-refractivity contribution < 1.29 is 17.6 Å². The molecule has 0 saturated carbocycles. The number of amides is 1. The molecule has 0 fully saturated rings. The first kappa shape index (κ1) is 17.6. The maximum atomic E-state index is 13.0. The second kappa shape index (κ2) is 7.20. The minimum atomic E-state index is -3.58. The summed E-state index contributed by atoms with van der Waals surface area (Å²) >= 11 is 1.19. The molecular formula is C15H17FN2O3S2. The molecule has 2 aromatic rings. The second-order valence-corrected chi connectivity index (χ2v) is 8.19. The Labute approximate surface area is 138 Å². The minimum absolute atomic E-state index is 0.0657. The average Bonchev–Trinajstić information content (AvgIpc) is 2.92. The summed E-state index contributed by atoms with van der Waals surface area (Å²) in [6.45, 7) is 3.43. The highest BCUT2D eigenvalue weighted by Gasteiger charge is 2.17. The molecule has 0 saturated heterocycles. The SMILES string of the molecule is CC(=O)N(CCNS(=O)(=O)c1ccc(C)s1)c1ccc(F)cc1. The van der Waals surface area contributed by atoms with Crippen LogP contribution in [0.5, 0.6) is 0 Å². The molecule has 1 aromatic carbocycles. The highest BCUT2D eigenvalue weighted by atomic mass is 32.2. The molecule has 124 valence electrons. The van der Waals surface area contributed by atoms with Crippen molar-refractivity contribution in [3.63, 3.8) is 0 Å². The molecule has 0 spiro atoms. The third-order valence-corrected chi connectivity index (χ3v) is 6.08. The molecule has 0 radical (unpaired) electrons. The fourth-order valence-corrected chi connectivity index (χ4v) is 4.36. The summed E-state index contributed by atoms with van der Waals surface area (Å²) < 4.78 is 39.9. The number of carbonyl (C=O) groups excluding carboxylic acids is 1. The van der Waals surface area contributed by atoms with Crippen LogP contribution in [0.2, 0.25) is 0 Å². The summed E-state index contributed by atoms with van der Waals surface area (Å²) in [5, 5.41) is 0. The predicted molar refractivity (Wildman–Crippen MR) is 88.7 cm³/mol. The van der Waals surface area contributed by atoms with Gasteiger partial charge in [0.1, 0.15) is 10.0 Å². The summed E-state index contributed by atoms with van der Waals surface area (Å²) in [7, 11) is -3.58. The zero-order chi connectivity index (χ0) is 17.0. The van der Waals surface area contributed by atoms with Crippen molar-refractivity contribution in [2.24, 2.45) is 0 Å². The van der Waals surface area contributed by atoms with E-state index in [1.54, 1.807) is 12.1 Å². The Morgan fingerprint density at radius 3 is 2.39 bits per heavy atom. The molecule has 0 bridgehead atoms. The van der Waals surface area contributed by atoms with Crippen LogP contribution >= 0.6 is 11.3 Å². The fourth-order valence-electron chi connectivity index (χ4n) is 2.01. The first-order valence-corrected chi connectivity index (χ1v) is 9.19. The van der Waals surface area contributed by atoms with Crippen LogP contribution in [0.4, 0.5) is 10.1 Å². The van der Waals surface area contributed by atoms with Gasteiger partial charge < -0.3 is 4.90 Å². The van der Waals surface area contributed by atoms with Gasteiger partial charge in [0.2, 0.25) is 15.9 Å².